The van der Waals surface area contributed by atoms with Gasteiger partial charge < -0.3 is 10.2 Å². The maximum atomic E-state index is 12.7. The van der Waals surface area contributed by atoms with E-state index >= 15 is 0 Å². The zero-order chi connectivity index (χ0) is 14.8. The third kappa shape index (κ3) is 3.43. The van der Waals surface area contributed by atoms with E-state index in [0.29, 0.717) is 6.54 Å². The fourth-order valence-electron chi connectivity index (χ4n) is 3.95. The summed E-state index contributed by atoms with van der Waals surface area (Å²) in [4.78, 5) is 2.54. The molecule has 21 heavy (non-hydrogen) atoms. The van der Waals surface area contributed by atoms with Crippen molar-refractivity contribution in [3.8, 4) is 0 Å². The van der Waals surface area contributed by atoms with E-state index in [4.69, 9.17) is 0 Å². The van der Waals surface area contributed by atoms with Gasteiger partial charge in [0.1, 0.15) is 0 Å². The van der Waals surface area contributed by atoms with Crippen LogP contribution in [-0.2, 0) is 6.54 Å². The summed E-state index contributed by atoms with van der Waals surface area (Å²) in [5.74, 6) is 0.733. The van der Waals surface area contributed by atoms with Gasteiger partial charge in [0, 0.05) is 24.2 Å². The highest BCUT2D eigenvalue weighted by atomic mass is 19.3. The smallest absolute Gasteiger partial charge is 0.263 e. The molecule has 2 saturated heterocycles. The summed E-state index contributed by atoms with van der Waals surface area (Å²) >= 11 is 0. The first-order valence-corrected chi connectivity index (χ1v) is 7.93. The van der Waals surface area contributed by atoms with Crippen LogP contribution in [0.4, 0.5) is 8.78 Å². The monoisotopic (exact) mass is 294 g/mol. The second-order valence-corrected chi connectivity index (χ2v) is 6.56. The summed E-state index contributed by atoms with van der Waals surface area (Å²) in [6.45, 7) is 1.68. The van der Waals surface area contributed by atoms with E-state index in [1.165, 1.54) is 31.7 Å². The molecule has 3 rings (SSSR count). The molecule has 2 nitrogen and oxygen atoms in total. The van der Waals surface area contributed by atoms with Gasteiger partial charge in [0.05, 0.1) is 0 Å². The molecule has 2 aliphatic rings. The molecule has 2 bridgehead atoms. The fraction of sp³-hybridized carbons (Fsp3) is 0.647. The van der Waals surface area contributed by atoms with E-state index in [-0.39, 0.29) is 5.56 Å². The Balaban J connectivity index is 1.47. The number of nitrogens with zero attached hydrogens (tertiary/aromatic N) is 1. The Kier molecular flexibility index (Phi) is 4.55. The molecule has 0 aliphatic carbocycles. The second kappa shape index (κ2) is 6.41. The van der Waals surface area contributed by atoms with Crippen molar-refractivity contribution in [2.75, 3.05) is 13.6 Å². The number of benzene rings is 1. The van der Waals surface area contributed by atoms with E-state index in [1.807, 2.05) is 6.07 Å². The lowest BCUT2D eigenvalue weighted by Crippen LogP contribution is -2.42. The van der Waals surface area contributed by atoms with Gasteiger partial charge in [-0.05, 0) is 56.8 Å². The minimum Gasteiger partial charge on any atom is -0.312 e. The molecule has 2 heterocycles. The Morgan fingerprint density at radius 1 is 1.24 bits per heavy atom. The lowest BCUT2D eigenvalue weighted by molar-refractivity contribution is 0.133. The average molecular weight is 294 g/mol. The summed E-state index contributed by atoms with van der Waals surface area (Å²) in [6, 6.07) is 8.25. The van der Waals surface area contributed by atoms with Crippen LogP contribution >= 0.6 is 0 Å². The van der Waals surface area contributed by atoms with Crippen molar-refractivity contribution in [2.24, 2.45) is 5.92 Å². The SMILES string of the molecule is CN1C2CCC1CC(CNCc1cccc(C(F)F)c1)C2. The highest BCUT2D eigenvalue weighted by Gasteiger charge is 2.37. The molecule has 0 aromatic heterocycles. The van der Waals surface area contributed by atoms with Crippen LogP contribution in [0.5, 0.6) is 0 Å². The Morgan fingerprint density at radius 2 is 1.95 bits per heavy atom. The zero-order valence-corrected chi connectivity index (χ0v) is 12.6. The number of rotatable bonds is 5. The van der Waals surface area contributed by atoms with E-state index in [2.05, 4.69) is 17.3 Å². The van der Waals surface area contributed by atoms with Gasteiger partial charge in [-0.25, -0.2) is 8.78 Å². The normalized spacial score (nSPS) is 29.2. The van der Waals surface area contributed by atoms with Crippen LogP contribution in [0.3, 0.4) is 0 Å². The van der Waals surface area contributed by atoms with Crippen LogP contribution in [0.25, 0.3) is 0 Å². The summed E-state index contributed by atoms with van der Waals surface area (Å²) in [7, 11) is 2.25. The van der Waals surface area contributed by atoms with Crippen molar-refractivity contribution in [2.45, 2.75) is 50.7 Å². The van der Waals surface area contributed by atoms with Crippen molar-refractivity contribution in [1.82, 2.24) is 10.2 Å². The van der Waals surface area contributed by atoms with Gasteiger partial charge in [-0.15, -0.1) is 0 Å². The molecule has 0 amide bonds. The van der Waals surface area contributed by atoms with Crippen molar-refractivity contribution < 1.29 is 8.78 Å². The van der Waals surface area contributed by atoms with Crippen LogP contribution in [0.15, 0.2) is 24.3 Å². The van der Waals surface area contributed by atoms with E-state index in [9.17, 15) is 8.78 Å². The summed E-state index contributed by atoms with van der Waals surface area (Å²) in [5.41, 5.74) is 1.07. The molecule has 0 saturated carbocycles. The Labute approximate surface area is 125 Å². The quantitative estimate of drug-likeness (QED) is 0.893. The molecular weight excluding hydrogens is 270 g/mol. The van der Waals surface area contributed by atoms with E-state index < -0.39 is 6.43 Å². The Hall–Kier alpha value is -1.00. The first-order valence-electron chi connectivity index (χ1n) is 7.93. The first-order chi connectivity index (χ1) is 10.1. The average Bonchev–Trinajstić information content (AvgIpc) is 2.70. The number of nitrogens with one attached hydrogen (secondary N) is 1. The van der Waals surface area contributed by atoms with E-state index in [1.54, 1.807) is 12.1 Å². The minimum atomic E-state index is -2.38. The number of hydrogen-bond donors (Lipinski definition) is 1. The number of piperidine rings is 1. The van der Waals surface area contributed by atoms with Crippen molar-refractivity contribution in [1.29, 1.82) is 0 Å². The first kappa shape index (κ1) is 14.9. The molecule has 0 spiro atoms. The molecule has 2 aliphatic heterocycles. The highest BCUT2D eigenvalue weighted by Crippen LogP contribution is 2.37. The van der Waals surface area contributed by atoms with Gasteiger partial charge in [-0.3, -0.25) is 0 Å². The molecule has 0 radical (unpaired) electrons. The van der Waals surface area contributed by atoms with Gasteiger partial charge in [-0.1, -0.05) is 18.2 Å². The molecule has 2 unspecified atom stereocenters. The van der Waals surface area contributed by atoms with Gasteiger partial charge in [0.2, 0.25) is 0 Å². The lowest BCUT2D eigenvalue weighted by atomic mass is 9.91. The van der Waals surface area contributed by atoms with Crippen LogP contribution in [0.1, 0.15) is 43.2 Å². The molecule has 1 N–H and O–H groups in total. The van der Waals surface area contributed by atoms with E-state index in [0.717, 1.165) is 30.1 Å². The van der Waals surface area contributed by atoms with Crippen LogP contribution in [0.2, 0.25) is 0 Å². The Morgan fingerprint density at radius 3 is 2.62 bits per heavy atom. The number of halogens is 2. The molecule has 2 fully saturated rings. The third-order valence-corrected chi connectivity index (χ3v) is 5.16. The number of fused-ring (bicyclic) bond motifs is 2. The second-order valence-electron chi connectivity index (χ2n) is 6.56. The van der Waals surface area contributed by atoms with Crippen molar-refractivity contribution in [3.63, 3.8) is 0 Å². The van der Waals surface area contributed by atoms with Crippen LogP contribution in [0, 0.1) is 5.92 Å². The topological polar surface area (TPSA) is 15.3 Å². The highest BCUT2D eigenvalue weighted by molar-refractivity contribution is 5.24. The predicted molar refractivity (Wildman–Crippen MR) is 80.4 cm³/mol. The molecular formula is C17H24F2N2. The molecule has 2 atom stereocenters. The summed E-state index contributed by atoms with van der Waals surface area (Å²) in [6.07, 6.45) is 2.85. The van der Waals surface area contributed by atoms with Crippen molar-refractivity contribution in [3.05, 3.63) is 35.4 Å². The zero-order valence-electron chi connectivity index (χ0n) is 12.6. The minimum absolute atomic E-state index is 0.117. The van der Waals surface area contributed by atoms with Crippen molar-refractivity contribution >= 4 is 0 Å². The van der Waals surface area contributed by atoms with Gasteiger partial charge in [-0.2, -0.15) is 0 Å². The molecule has 1 aromatic carbocycles. The molecule has 116 valence electrons. The fourth-order valence-corrected chi connectivity index (χ4v) is 3.95. The molecule has 1 aromatic rings. The predicted octanol–water partition coefficient (Wildman–Crippen LogP) is 3.59. The maximum absolute atomic E-state index is 12.7. The van der Waals surface area contributed by atoms with Crippen LogP contribution in [-0.4, -0.2) is 30.6 Å². The third-order valence-electron chi connectivity index (χ3n) is 5.16. The lowest BCUT2D eigenvalue weighted by Gasteiger charge is -2.36. The maximum Gasteiger partial charge on any atom is 0.263 e. The number of alkyl halides is 2. The Bertz CT molecular complexity index is 464. The molecule has 4 heteroatoms. The van der Waals surface area contributed by atoms with Crippen LogP contribution < -0.4 is 5.32 Å². The largest absolute Gasteiger partial charge is 0.312 e. The summed E-state index contributed by atoms with van der Waals surface area (Å²) in [5, 5.41) is 3.46. The number of hydrogen-bond acceptors (Lipinski definition) is 2. The van der Waals surface area contributed by atoms with Gasteiger partial charge in [0.25, 0.3) is 6.43 Å². The van der Waals surface area contributed by atoms with Gasteiger partial charge >= 0.3 is 0 Å². The standard InChI is InChI=1S/C17H24F2N2/c1-21-15-5-6-16(21)9-13(8-15)11-20-10-12-3-2-4-14(7-12)17(18)19/h2-4,7,13,15-17,20H,5-6,8-11H2,1H3. The van der Waals surface area contributed by atoms with Gasteiger partial charge in [0.15, 0.2) is 0 Å². The summed E-state index contributed by atoms with van der Waals surface area (Å²) < 4.78 is 25.3.